The van der Waals surface area contributed by atoms with Gasteiger partial charge in [-0.15, -0.1) is 11.3 Å². The summed E-state index contributed by atoms with van der Waals surface area (Å²) in [6.45, 7) is 2.39. The van der Waals surface area contributed by atoms with Gasteiger partial charge in [0.2, 0.25) is 10.0 Å². The lowest BCUT2D eigenvalue weighted by molar-refractivity contribution is 0.580. The Labute approximate surface area is 145 Å². The van der Waals surface area contributed by atoms with Crippen LogP contribution in [-0.4, -0.2) is 33.0 Å². The first-order valence-corrected chi connectivity index (χ1v) is 10.5. The van der Waals surface area contributed by atoms with E-state index >= 15 is 0 Å². The number of benzene rings is 1. The molecule has 8 heteroatoms. The van der Waals surface area contributed by atoms with Gasteiger partial charge in [-0.05, 0) is 30.5 Å². The largest absolute Gasteiger partial charge is 0.348 e. The van der Waals surface area contributed by atoms with Gasteiger partial charge in [0.15, 0.2) is 5.13 Å². The van der Waals surface area contributed by atoms with Crippen LogP contribution >= 0.6 is 11.3 Å². The van der Waals surface area contributed by atoms with E-state index in [0.29, 0.717) is 18.5 Å². The fourth-order valence-electron chi connectivity index (χ4n) is 2.70. The van der Waals surface area contributed by atoms with Gasteiger partial charge >= 0.3 is 0 Å². The molecule has 1 fully saturated rings. The van der Waals surface area contributed by atoms with Crippen LogP contribution in [0.25, 0.3) is 0 Å². The second-order valence-corrected chi connectivity index (χ2v) is 8.49. The minimum absolute atomic E-state index is 0.221. The highest BCUT2D eigenvalue weighted by atomic mass is 32.2. The predicted octanol–water partition coefficient (Wildman–Crippen LogP) is 2.54. The Morgan fingerprint density at radius 2 is 2.08 bits per heavy atom. The number of thiazole rings is 1. The third-order valence-corrected chi connectivity index (χ3v) is 6.17. The number of aromatic nitrogens is 1. The fourth-order valence-corrected chi connectivity index (χ4v) is 4.74. The normalized spacial score (nSPS) is 15.1. The van der Waals surface area contributed by atoms with Crippen LogP contribution in [0.15, 0.2) is 29.6 Å². The average Bonchev–Trinajstić information content (AvgIpc) is 3.17. The lowest BCUT2D eigenvalue weighted by atomic mass is 10.2. The topological polar surface area (TPSA) is 62.3 Å². The van der Waals surface area contributed by atoms with Crippen molar-refractivity contribution in [1.82, 2.24) is 9.71 Å². The van der Waals surface area contributed by atoms with Crippen molar-refractivity contribution in [3.8, 4) is 0 Å². The molecule has 1 N–H and O–H groups in total. The van der Waals surface area contributed by atoms with Crippen molar-refractivity contribution in [2.75, 3.05) is 24.5 Å². The lowest BCUT2D eigenvalue weighted by Gasteiger charge is -2.12. The van der Waals surface area contributed by atoms with Gasteiger partial charge in [0, 0.05) is 31.4 Å². The monoisotopic (exact) mass is 369 g/mol. The molecule has 3 rings (SSSR count). The molecule has 130 valence electrons. The Balaban J connectivity index is 1.50. The third kappa shape index (κ3) is 4.75. The zero-order valence-electron chi connectivity index (χ0n) is 13.2. The summed E-state index contributed by atoms with van der Waals surface area (Å²) in [5.74, 6) is -0.652. The van der Waals surface area contributed by atoms with E-state index in [1.165, 1.54) is 31.0 Å². The fraction of sp³-hybridized carbons (Fsp3) is 0.438. The molecule has 1 aliphatic heterocycles. The molecule has 0 bridgehead atoms. The van der Waals surface area contributed by atoms with E-state index in [0.717, 1.165) is 23.9 Å². The van der Waals surface area contributed by atoms with Crippen molar-refractivity contribution < 1.29 is 12.8 Å². The van der Waals surface area contributed by atoms with Gasteiger partial charge < -0.3 is 4.90 Å². The van der Waals surface area contributed by atoms with Crippen molar-refractivity contribution in [3.05, 3.63) is 46.7 Å². The molecule has 0 aliphatic carbocycles. The highest BCUT2D eigenvalue weighted by Gasteiger charge is 2.16. The van der Waals surface area contributed by atoms with Crippen molar-refractivity contribution >= 4 is 26.5 Å². The summed E-state index contributed by atoms with van der Waals surface area (Å²) in [7, 11) is -3.48. The number of nitrogens with one attached hydrogen (secondary N) is 1. The zero-order valence-corrected chi connectivity index (χ0v) is 14.9. The van der Waals surface area contributed by atoms with Crippen LogP contribution in [0.2, 0.25) is 0 Å². The summed E-state index contributed by atoms with van der Waals surface area (Å²) in [6.07, 6.45) is 2.95. The molecule has 1 aromatic carbocycles. The maximum Gasteiger partial charge on any atom is 0.215 e. The smallest absolute Gasteiger partial charge is 0.215 e. The van der Waals surface area contributed by atoms with Crippen LogP contribution in [-0.2, 0) is 22.2 Å². The molecular weight excluding hydrogens is 349 g/mol. The summed E-state index contributed by atoms with van der Waals surface area (Å²) in [4.78, 5) is 6.83. The molecule has 0 amide bonds. The van der Waals surface area contributed by atoms with Crippen molar-refractivity contribution in [3.63, 3.8) is 0 Å². The van der Waals surface area contributed by atoms with Crippen molar-refractivity contribution in [1.29, 1.82) is 0 Å². The van der Waals surface area contributed by atoms with Gasteiger partial charge in [-0.25, -0.2) is 22.5 Å². The first kappa shape index (κ1) is 17.3. The van der Waals surface area contributed by atoms with E-state index in [2.05, 4.69) is 14.6 Å². The van der Waals surface area contributed by atoms with Gasteiger partial charge in [-0.2, -0.15) is 0 Å². The molecule has 0 radical (unpaired) electrons. The van der Waals surface area contributed by atoms with E-state index < -0.39 is 15.8 Å². The van der Waals surface area contributed by atoms with Crippen LogP contribution in [0.1, 0.15) is 24.1 Å². The predicted molar refractivity (Wildman–Crippen MR) is 94.3 cm³/mol. The summed E-state index contributed by atoms with van der Waals surface area (Å²) >= 11 is 1.60. The highest BCUT2D eigenvalue weighted by molar-refractivity contribution is 7.88. The molecule has 1 aliphatic rings. The Kier molecular flexibility index (Phi) is 5.47. The molecule has 24 heavy (non-hydrogen) atoms. The Bertz CT molecular complexity index is 786. The molecular formula is C16H20FN3O2S2. The first-order valence-electron chi connectivity index (χ1n) is 7.93. The number of halogens is 1. The van der Waals surface area contributed by atoms with Crippen LogP contribution in [0.4, 0.5) is 9.52 Å². The van der Waals surface area contributed by atoms with E-state index in [1.807, 2.05) is 5.38 Å². The zero-order chi connectivity index (χ0) is 17.0. The Hall–Kier alpha value is -1.51. The second kappa shape index (κ2) is 7.58. The first-order chi connectivity index (χ1) is 11.5. The number of sulfonamides is 1. The SMILES string of the molecule is O=S(=O)(Cc1cccc(F)c1)NCCc1csc(N2CCCC2)n1. The standard InChI is InChI=1S/C16H20FN3O2S2/c17-14-5-3-4-13(10-14)12-24(21,22)18-7-6-15-11-23-16(19-15)20-8-1-2-9-20/h3-5,10-11,18H,1-2,6-9,12H2. The van der Waals surface area contributed by atoms with Crippen LogP contribution < -0.4 is 9.62 Å². The quantitative estimate of drug-likeness (QED) is 0.815. The maximum absolute atomic E-state index is 13.1. The molecule has 2 aromatic rings. The summed E-state index contributed by atoms with van der Waals surface area (Å²) in [5.41, 5.74) is 1.34. The van der Waals surface area contributed by atoms with Gasteiger partial charge in [-0.3, -0.25) is 0 Å². The number of rotatable bonds is 7. The number of hydrogen-bond donors (Lipinski definition) is 1. The third-order valence-electron chi connectivity index (χ3n) is 3.87. The van der Waals surface area contributed by atoms with Crippen LogP contribution in [0, 0.1) is 5.82 Å². The lowest BCUT2D eigenvalue weighted by Crippen LogP contribution is -2.27. The van der Waals surface area contributed by atoms with Crippen molar-refractivity contribution in [2.24, 2.45) is 0 Å². The molecule has 2 heterocycles. The summed E-state index contributed by atoms with van der Waals surface area (Å²) < 4.78 is 39.8. The van der Waals surface area contributed by atoms with Gasteiger partial charge in [0.05, 0.1) is 11.4 Å². The van der Waals surface area contributed by atoms with Gasteiger partial charge in [0.1, 0.15) is 5.82 Å². The Morgan fingerprint density at radius 3 is 2.83 bits per heavy atom. The molecule has 0 unspecified atom stereocenters. The summed E-state index contributed by atoms with van der Waals surface area (Å²) in [6, 6.07) is 5.64. The number of anilines is 1. The molecule has 1 saturated heterocycles. The van der Waals surface area contributed by atoms with Crippen molar-refractivity contribution in [2.45, 2.75) is 25.0 Å². The van der Waals surface area contributed by atoms with E-state index in [4.69, 9.17) is 0 Å². The number of nitrogens with zero attached hydrogens (tertiary/aromatic N) is 2. The highest BCUT2D eigenvalue weighted by Crippen LogP contribution is 2.24. The van der Waals surface area contributed by atoms with E-state index in [9.17, 15) is 12.8 Å². The molecule has 1 aromatic heterocycles. The van der Waals surface area contributed by atoms with E-state index in [-0.39, 0.29) is 5.75 Å². The Morgan fingerprint density at radius 1 is 1.29 bits per heavy atom. The van der Waals surface area contributed by atoms with Gasteiger partial charge in [0.25, 0.3) is 0 Å². The minimum Gasteiger partial charge on any atom is -0.348 e. The van der Waals surface area contributed by atoms with Gasteiger partial charge in [-0.1, -0.05) is 12.1 Å². The van der Waals surface area contributed by atoms with Crippen LogP contribution in [0.3, 0.4) is 0 Å². The molecule has 0 atom stereocenters. The molecule has 0 spiro atoms. The van der Waals surface area contributed by atoms with E-state index in [1.54, 1.807) is 17.4 Å². The van der Waals surface area contributed by atoms with Crippen LogP contribution in [0.5, 0.6) is 0 Å². The number of hydrogen-bond acceptors (Lipinski definition) is 5. The molecule has 0 saturated carbocycles. The summed E-state index contributed by atoms with van der Waals surface area (Å²) in [5, 5.41) is 3.00. The maximum atomic E-state index is 13.1. The second-order valence-electron chi connectivity index (χ2n) is 5.85. The minimum atomic E-state index is -3.48. The average molecular weight is 369 g/mol. The molecule has 5 nitrogen and oxygen atoms in total.